The molecule has 2 rings (SSSR count). The standard InChI is InChI=1S/C14H20N2O2/c1-3-11(17-4-2)14(16-15)13-9-10-7-5-6-8-12(10)18-13/h5-9,11,14,16H,3-4,15H2,1-2H3. The molecule has 0 saturated heterocycles. The molecule has 2 atom stereocenters. The molecule has 3 N–H and O–H groups in total. The van der Waals surface area contributed by atoms with Crippen molar-refractivity contribution in [3.63, 3.8) is 0 Å². The topological polar surface area (TPSA) is 60.4 Å². The molecule has 0 radical (unpaired) electrons. The van der Waals surface area contributed by atoms with E-state index in [4.69, 9.17) is 15.0 Å². The van der Waals surface area contributed by atoms with Gasteiger partial charge in [-0.1, -0.05) is 25.1 Å². The Bertz CT molecular complexity index is 462. The molecule has 4 nitrogen and oxygen atoms in total. The summed E-state index contributed by atoms with van der Waals surface area (Å²) in [6, 6.07) is 9.82. The van der Waals surface area contributed by atoms with Gasteiger partial charge in [-0.05, 0) is 25.5 Å². The van der Waals surface area contributed by atoms with Gasteiger partial charge in [-0.3, -0.25) is 5.84 Å². The van der Waals surface area contributed by atoms with Crippen LogP contribution in [0.5, 0.6) is 0 Å². The molecule has 0 aliphatic rings. The van der Waals surface area contributed by atoms with Crippen molar-refractivity contribution in [2.45, 2.75) is 32.4 Å². The molecule has 0 saturated carbocycles. The van der Waals surface area contributed by atoms with Crippen LogP contribution in [0, 0.1) is 0 Å². The van der Waals surface area contributed by atoms with Gasteiger partial charge in [0.2, 0.25) is 0 Å². The molecule has 1 aromatic carbocycles. The molecular weight excluding hydrogens is 228 g/mol. The molecule has 1 heterocycles. The van der Waals surface area contributed by atoms with Crippen LogP contribution in [-0.4, -0.2) is 12.7 Å². The second-order valence-electron chi connectivity index (χ2n) is 4.23. The van der Waals surface area contributed by atoms with Gasteiger partial charge in [-0.2, -0.15) is 0 Å². The first-order valence-electron chi connectivity index (χ1n) is 6.36. The fourth-order valence-corrected chi connectivity index (χ4v) is 2.19. The summed E-state index contributed by atoms with van der Waals surface area (Å²) < 4.78 is 11.5. The molecule has 0 fully saturated rings. The summed E-state index contributed by atoms with van der Waals surface area (Å²) >= 11 is 0. The minimum atomic E-state index is -0.123. The quantitative estimate of drug-likeness (QED) is 0.609. The largest absolute Gasteiger partial charge is 0.459 e. The van der Waals surface area contributed by atoms with Crippen LogP contribution < -0.4 is 11.3 Å². The van der Waals surface area contributed by atoms with Gasteiger partial charge >= 0.3 is 0 Å². The van der Waals surface area contributed by atoms with Gasteiger partial charge in [0.05, 0.1) is 6.10 Å². The van der Waals surface area contributed by atoms with Gasteiger partial charge in [0, 0.05) is 12.0 Å². The summed E-state index contributed by atoms with van der Waals surface area (Å²) in [6.07, 6.45) is 0.889. The number of para-hydroxylation sites is 1. The Morgan fingerprint density at radius 1 is 1.33 bits per heavy atom. The Hall–Kier alpha value is -1.36. The van der Waals surface area contributed by atoms with Gasteiger partial charge in [0.25, 0.3) is 0 Å². The Morgan fingerprint density at radius 2 is 2.11 bits per heavy atom. The molecule has 0 amide bonds. The number of nitrogens with two attached hydrogens (primary N) is 1. The number of nitrogens with one attached hydrogen (secondary N) is 1. The number of hydrogen-bond acceptors (Lipinski definition) is 4. The Balaban J connectivity index is 2.30. The minimum absolute atomic E-state index is 0.0144. The molecule has 98 valence electrons. The molecule has 0 spiro atoms. The Kier molecular flexibility index (Phi) is 4.36. The van der Waals surface area contributed by atoms with Crippen LogP contribution in [-0.2, 0) is 4.74 Å². The predicted octanol–water partition coefficient (Wildman–Crippen LogP) is 2.75. The summed E-state index contributed by atoms with van der Waals surface area (Å²) in [4.78, 5) is 0. The highest BCUT2D eigenvalue weighted by Crippen LogP contribution is 2.27. The summed E-state index contributed by atoms with van der Waals surface area (Å²) in [5.74, 6) is 6.46. The van der Waals surface area contributed by atoms with Crippen molar-refractivity contribution < 1.29 is 9.15 Å². The number of hydrazine groups is 1. The normalized spacial score (nSPS) is 14.8. The maximum atomic E-state index is 5.83. The summed E-state index contributed by atoms with van der Waals surface area (Å²) in [7, 11) is 0. The maximum Gasteiger partial charge on any atom is 0.134 e. The lowest BCUT2D eigenvalue weighted by Gasteiger charge is -2.23. The fourth-order valence-electron chi connectivity index (χ4n) is 2.19. The molecule has 0 bridgehead atoms. The molecule has 2 unspecified atom stereocenters. The van der Waals surface area contributed by atoms with Crippen molar-refractivity contribution in [2.75, 3.05) is 6.61 Å². The Labute approximate surface area is 107 Å². The van der Waals surface area contributed by atoms with Crippen LogP contribution in [0.1, 0.15) is 32.1 Å². The number of benzene rings is 1. The van der Waals surface area contributed by atoms with E-state index < -0.39 is 0 Å². The van der Waals surface area contributed by atoms with Crippen LogP contribution in [0.4, 0.5) is 0 Å². The van der Waals surface area contributed by atoms with E-state index in [9.17, 15) is 0 Å². The molecule has 0 aliphatic carbocycles. The highest BCUT2D eigenvalue weighted by atomic mass is 16.5. The van der Waals surface area contributed by atoms with E-state index in [-0.39, 0.29) is 12.1 Å². The van der Waals surface area contributed by atoms with E-state index in [1.54, 1.807) is 0 Å². The van der Waals surface area contributed by atoms with Crippen molar-refractivity contribution in [3.8, 4) is 0 Å². The zero-order valence-electron chi connectivity index (χ0n) is 10.8. The van der Waals surface area contributed by atoms with E-state index in [0.717, 1.165) is 23.2 Å². The number of fused-ring (bicyclic) bond motifs is 1. The van der Waals surface area contributed by atoms with Crippen LogP contribution in [0.2, 0.25) is 0 Å². The third kappa shape index (κ3) is 2.56. The Morgan fingerprint density at radius 3 is 2.72 bits per heavy atom. The van der Waals surface area contributed by atoms with Gasteiger partial charge < -0.3 is 9.15 Å². The lowest BCUT2D eigenvalue weighted by Crippen LogP contribution is -2.37. The maximum absolute atomic E-state index is 5.83. The highest BCUT2D eigenvalue weighted by molar-refractivity contribution is 5.77. The first-order chi connectivity index (χ1) is 8.80. The van der Waals surface area contributed by atoms with E-state index in [1.165, 1.54) is 0 Å². The van der Waals surface area contributed by atoms with Crippen molar-refractivity contribution in [1.29, 1.82) is 0 Å². The van der Waals surface area contributed by atoms with Crippen LogP contribution >= 0.6 is 0 Å². The minimum Gasteiger partial charge on any atom is -0.459 e. The zero-order valence-corrected chi connectivity index (χ0v) is 10.8. The number of rotatable bonds is 6. The summed E-state index contributed by atoms with van der Waals surface area (Å²) in [5.41, 5.74) is 3.67. The lowest BCUT2D eigenvalue weighted by molar-refractivity contribution is 0.0262. The number of hydrogen-bond donors (Lipinski definition) is 2. The van der Waals surface area contributed by atoms with Crippen molar-refractivity contribution in [3.05, 3.63) is 36.1 Å². The number of furan rings is 1. The van der Waals surface area contributed by atoms with Crippen LogP contribution in [0.15, 0.2) is 34.7 Å². The second-order valence-corrected chi connectivity index (χ2v) is 4.23. The van der Waals surface area contributed by atoms with Crippen LogP contribution in [0.3, 0.4) is 0 Å². The van der Waals surface area contributed by atoms with Crippen molar-refractivity contribution in [2.24, 2.45) is 5.84 Å². The smallest absolute Gasteiger partial charge is 0.134 e. The van der Waals surface area contributed by atoms with Gasteiger partial charge in [0.1, 0.15) is 17.4 Å². The highest BCUT2D eigenvalue weighted by Gasteiger charge is 2.24. The third-order valence-electron chi connectivity index (χ3n) is 3.09. The first-order valence-corrected chi connectivity index (χ1v) is 6.36. The molecule has 2 aromatic rings. The molecule has 18 heavy (non-hydrogen) atoms. The fraction of sp³-hybridized carbons (Fsp3) is 0.429. The van der Waals surface area contributed by atoms with Gasteiger partial charge in [-0.15, -0.1) is 0 Å². The van der Waals surface area contributed by atoms with Gasteiger partial charge in [-0.25, -0.2) is 5.43 Å². The van der Waals surface area contributed by atoms with E-state index in [1.807, 2.05) is 37.3 Å². The average molecular weight is 248 g/mol. The SMILES string of the molecule is CCOC(CC)C(NN)c1cc2ccccc2o1. The van der Waals surface area contributed by atoms with Crippen LogP contribution in [0.25, 0.3) is 11.0 Å². The third-order valence-corrected chi connectivity index (χ3v) is 3.09. The van der Waals surface area contributed by atoms with E-state index in [2.05, 4.69) is 12.3 Å². The average Bonchev–Trinajstić information content (AvgIpc) is 2.82. The second kappa shape index (κ2) is 6.00. The molecule has 1 aromatic heterocycles. The van der Waals surface area contributed by atoms with Crippen molar-refractivity contribution >= 4 is 11.0 Å². The summed E-state index contributed by atoms with van der Waals surface area (Å²) in [6.45, 7) is 4.72. The summed E-state index contributed by atoms with van der Waals surface area (Å²) in [5, 5.41) is 1.08. The predicted molar refractivity (Wildman–Crippen MR) is 72.0 cm³/mol. The monoisotopic (exact) mass is 248 g/mol. The molecular formula is C14H20N2O2. The molecule has 4 heteroatoms. The van der Waals surface area contributed by atoms with E-state index in [0.29, 0.717) is 6.61 Å². The van der Waals surface area contributed by atoms with Gasteiger partial charge in [0.15, 0.2) is 0 Å². The lowest BCUT2D eigenvalue weighted by atomic mass is 10.1. The number of ether oxygens (including phenoxy) is 1. The zero-order chi connectivity index (χ0) is 13.0. The van der Waals surface area contributed by atoms with E-state index >= 15 is 0 Å². The van der Waals surface area contributed by atoms with Crippen molar-refractivity contribution in [1.82, 2.24) is 5.43 Å². The first kappa shape index (κ1) is 13.1. The molecule has 0 aliphatic heterocycles.